The van der Waals surface area contributed by atoms with Gasteiger partial charge in [-0.1, -0.05) is 6.58 Å². The van der Waals surface area contributed by atoms with Crippen molar-refractivity contribution in [2.45, 2.75) is 6.92 Å². The zero-order valence-corrected chi connectivity index (χ0v) is 5.31. The Bertz CT molecular complexity index is 131. The van der Waals surface area contributed by atoms with E-state index < -0.39 is 0 Å². The Morgan fingerprint density at radius 2 is 2.25 bits per heavy atom. The lowest BCUT2D eigenvalue weighted by atomic mass is 10.5. The molecule has 0 aliphatic rings. The average molecular weight is 110 g/mol. The zero-order valence-electron chi connectivity index (χ0n) is 5.31. The first-order valence-corrected chi connectivity index (χ1v) is 2.29. The van der Waals surface area contributed by atoms with Crippen molar-refractivity contribution >= 4 is 6.72 Å². The topological polar surface area (TPSA) is 15.6 Å². The summed E-state index contributed by atoms with van der Waals surface area (Å²) in [5.74, 6) is 0. The van der Waals surface area contributed by atoms with Crippen LogP contribution in [0.2, 0.25) is 0 Å². The highest BCUT2D eigenvalue weighted by Crippen LogP contribution is 1.94. The third kappa shape index (κ3) is 1.63. The number of rotatable bonds is 2. The maximum Gasteiger partial charge on any atom is 0.0744 e. The van der Waals surface area contributed by atoms with Crippen molar-refractivity contribution in [2.75, 3.05) is 7.05 Å². The summed E-state index contributed by atoms with van der Waals surface area (Å²) in [5.41, 5.74) is 3.55. The highest BCUT2D eigenvalue weighted by atomic mass is 15.4. The van der Waals surface area contributed by atoms with Crippen molar-refractivity contribution in [1.29, 1.82) is 0 Å². The van der Waals surface area contributed by atoms with E-state index in [0.717, 1.165) is 5.70 Å². The van der Waals surface area contributed by atoms with Crippen LogP contribution in [0.4, 0.5) is 0 Å². The molecule has 0 aromatic rings. The largest absolute Gasteiger partial charge is 0.266 e. The molecule has 0 unspecified atom stereocenters. The van der Waals surface area contributed by atoms with Gasteiger partial charge in [0.05, 0.1) is 5.70 Å². The molecular formula is C6H10N2. The summed E-state index contributed by atoms with van der Waals surface area (Å²) in [4.78, 5) is 0. The summed E-state index contributed by atoms with van der Waals surface area (Å²) in [6, 6.07) is 0. The molecule has 0 fully saturated rings. The van der Waals surface area contributed by atoms with Gasteiger partial charge in [-0.15, -0.1) is 5.73 Å². The lowest BCUT2D eigenvalue weighted by molar-refractivity contribution is 0.453. The fraction of sp³-hybridized carbons (Fsp3) is 0.333. The molecule has 2 nitrogen and oxygen atoms in total. The van der Waals surface area contributed by atoms with E-state index in [2.05, 4.69) is 24.1 Å². The van der Waals surface area contributed by atoms with Gasteiger partial charge in [-0.25, -0.2) is 0 Å². The first kappa shape index (κ1) is 6.99. The number of hydrazone groups is 1. The zero-order chi connectivity index (χ0) is 6.57. The highest BCUT2D eigenvalue weighted by Gasteiger charge is 1.87. The van der Waals surface area contributed by atoms with Gasteiger partial charge in [0.2, 0.25) is 0 Å². The van der Waals surface area contributed by atoms with E-state index in [-0.39, 0.29) is 0 Å². The Morgan fingerprint density at radius 1 is 1.75 bits per heavy atom. The molecule has 0 aromatic carbocycles. The maximum absolute atomic E-state index is 3.60. The Hall–Kier alpha value is -1.01. The molecule has 44 valence electrons. The molecule has 0 bridgehead atoms. The van der Waals surface area contributed by atoms with Crippen LogP contribution < -0.4 is 0 Å². The lowest BCUT2D eigenvalue weighted by Gasteiger charge is -2.07. The molecule has 0 aromatic heterocycles. The van der Waals surface area contributed by atoms with Gasteiger partial charge in [0.1, 0.15) is 0 Å². The molecule has 0 N–H and O–H groups in total. The predicted molar refractivity (Wildman–Crippen MR) is 35.6 cm³/mol. The van der Waals surface area contributed by atoms with Crippen LogP contribution in [0.5, 0.6) is 0 Å². The second-order valence-corrected chi connectivity index (χ2v) is 1.43. The normalized spacial score (nSPS) is 7.25. The van der Waals surface area contributed by atoms with Gasteiger partial charge in [0, 0.05) is 13.8 Å². The molecule has 8 heavy (non-hydrogen) atoms. The summed E-state index contributed by atoms with van der Waals surface area (Å²) in [5, 5.41) is 5.21. The molecule has 0 amide bonds. The van der Waals surface area contributed by atoms with Gasteiger partial charge < -0.3 is 0 Å². The van der Waals surface area contributed by atoms with E-state index in [9.17, 15) is 0 Å². The van der Waals surface area contributed by atoms with Crippen LogP contribution in [-0.4, -0.2) is 18.8 Å². The standard InChI is InChI=1S/C6H10N2/c1-5-6(2)8(4)7-3/h1,3H2,2,4H3. The minimum absolute atomic E-state index is 0.875. The number of allylic oxidation sites excluding steroid dienone is 1. The third-order valence-electron chi connectivity index (χ3n) is 0.953. The number of nitrogens with zero attached hydrogens (tertiary/aromatic N) is 2. The monoisotopic (exact) mass is 110 g/mol. The summed E-state index contributed by atoms with van der Waals surface area (Å²) in [6.45, 7) is 8.62. The van der Waals surface area contributed by atoms with Crippen LogP contribution in [-0.2, 0) is 0 Å². The van der Waals surface area contributed by atoms with Crippen molar-refractivity contribution in [2.24, 2.45) is 5.10 Å². The Balaban J connectivity index is 4.01. The van der Waals surface area contributed by atoms with Crippen molar-refractivity contribution in [3.8, 4) is 0 Å². The Labute approximate surface area is 49.8 Å². The van der Waals surface area contributed by atoms with Gasteiger partial charge in [-0.05, 0) is 6.92 Å². The molecule has 0 aliphatic carbocycles. The minimum atomic E-state index is 0.875. The SMILES string of the molecule is C=C=C(C)N(C)N=C. The van der Waals surface area contributed by atoms with Gasteiger partial charge in [0.15, 0.2) is 0 Å². The highest BCUT2D eigenvalue weighted by molar-refractivity contribution is 5.23. The first-order chi connectivity index (χ1) is 3.72. The summed E-state index contributed by atoms with van der Waals surface area (Å²) in [6.07, 6.45) is 0. The van der Waals surface area contributed by atoms with Gasteiger partial charge in [-0.3, -0.25) is 5.01 Å². The fourth-order valence-electron chi connectivity index (χ4n) is 0.220. The molecular weight excluding hydrogens is 100 g/mol. The van der Waals surface area contributed by atoms with Crippen LogP contribution in [0.3, 0.4) is 0 Å². The minimum Gasteiger partial charge on any atom is -0.266 e. The van der Waals surface area contributed by atoms with E-state index in [0.29, 0.717) is 0 Å². The predicted octanol–water partition coefficient (Wildman–Crippen LogP) is 1.22. The lowest BCUT2D eigenvalue weighted by Crippen LogP contribution is -2.04. The van der Waals surface area contributed by atoms with Crippen molar-refractivity contribution in [3.05, 3.63) is 18.0 Å². The summed E-state index contributed by atoms with van der Waals surface area (Å²) >= 11 is 0. The Morgan fingerprint density at radius 3 is 2.38 bits per heavy atom. The smallest absolute Gasteiger partial charge is 0.0744 e. The fourth-order valence-corrected chi connectivity index (χ4v) is 0.220. The van der Waals surface area contributed by atoms with Crippen LogP contribution in [0.25, 0.3) is 0 Å². The quantitative estimate of drug-likeness (QED) is 0.296. The first-order valence-electron chi connectivity index (χ1n) is 2.29. The second kappa shape index (κ2) is 3.05. The average Bonchev–Trinajstić information content (AvgIpc) is 1.84. The van der Waals surface area contributed by atoms with Gasteiger partial charge >= 0.3 is 0 Å². The molecule has 0 rings (SSSR count). The van der Waals surface area contributed by atoms with E-state index in [1.54, 1.807) is 12.1 Å². The molecule has 0 heterocycles. The van der Waals surface area contributed by atoms with Gasteiger partial charge in [-0.2, -0.15) is 5.10 Å². The molecule has 0 spiro atoms. The van der Waals surface area contributed by atoms with Crippen molar-refractivity contribution < 1.29 is 0 Å². The molecule has 0 aliphatic heterocycles. The van der Waals surface area contributed by atoms with Crippen molar-refractivity contribution in [3.63, 3.8) is 0 Å². The molecule has 0 saturated heterocycles. The summed E-state index contributed by atoms with van der Waals surface area (Å²) in [7, 11) is 1.79. The van der Waals surface area contributed by atoms with Crippen molar-refractivity contribution in [1.82, 2.24) is 5.01 Å². The summed E-state index contributed by atoms with van der Waals surface area (Å²) < 4.78 is 0. The van der Waals surface area contributed by atoms with E-state index in [1.807, 2.05) is 6.92 Å². The van der Waals surface area contributed by atoms with Gasteiger partial charge in [0.25, 0.3) is 0 Å². The van der Waals surface area contributed by atoms with E-state index in [1.165, 1.54) is 0 Å². The molecule has 2 heteroatoms. The Kier molecular flexibility index (Phi) is 2.67. The van der Waals surface area contributed by atoms with Crippen LogP contribution in [0.1, 0.15) is 6.92 Å². The van der Waals surface area contributed by atoms with E-state index in [4.69, 9.17) is 0 Å². The number of hydrogen-bond donors (Lipinski definition) is 0. The maximum atomic E-state index is 3.60. The van der Waals surface area contributed by atoms with Crippen LogP contribution >= 0.6 is 0 Å². The third-order valence-corrected chi connectivity index (χ3v) is 0.953. The molecule has 0 radical (unpaired) electrons. The van der Waals surface area contributed by atoms with Crippen LogP contribution in [0.15, 0.2) is 23.1 Å². The second-order valence-electron chi connectivity index (χ2n) is 1.43. The van der Waals surface area contributed by atoms with Crippen LogP contribution in [0, 0.1) is 0 Å². The molecule has 0 saturated carbocycles. The molecule has 0 atom stereocenters. The van der Waals surface area contributed by atoms with E-state index >= 15 is 0 Å². The number of hydrogen-bond acceptors (Lipinski definition) is 2.